The number of amides is 2. The Morgan fingerprint density at radius 2 is 1.17 bits per heavy atom. The van der Waals surface area contributed by atoms with E-state index in [2.05, 4.69) is 26.1 Å². The fourth-order valence-electron chi connectivity index (χ4n) is 2.21. The Balaban J connectivity index is 4.67. The van der Waals surface area contributed by atoms with E-state index in [1.165, 1.54) is 0 Å². The summed E-state index contributed by atoms with van der Waals surface area (Å²) in [5.74, 6) is 0. The molecule has 0 atom stereocenters. The quantitative estimate of drug-likeness (QED) is 0.305. The molecule has 6 nitrogen and oxygen atoms in total. The molecule has 0 aliphatic heterocycles. The molecule has 7 heteroatoms. The van der Waals surface area contributed by atoms with Crippen molar-refractivity contribution in [1.82, 2.24) is 5.32 Å². The number of carbonyl (C=O) groups is 1. The van der Waals surface area contributed by atoms with Crippen molar-refractivity contribution >= 4 is 14.8 Å². The second kappa shape index (κ2) is 15.9. The summed E-state index contributed by atoms with van der Waals surface area (Å²) in [6.07, 6.45) is 9.88. The number of rotatable bonds is 17. The molecular weight excluding hydrogens is 324 g/mol. The first-order valence-corrected chi connectivity index (χ1v) is 11.5. The summed E-state index contributed by atoms with van der Waals surface area (Å²) in [5.41, 5.74) is 5.23. The highest BCUT2D eigenvalue weighted by Crippen LogP contribution is 2.13. The van der Waals surface area contributed by atoms with Crippen molar-refractivity contribution < 1.29 is 18.1 Å². The van der Waals surface area contributed by atoms with Crippen molar-refractivity contribution in [2.45, 2.75) is 78.6 Å². The predicted molar refractivity (Wildman–Crippen MR) is 99.8 cm³/mol. The van der Waals surface area contributed by atoms with Gasteiger partial charge in [0.15, 0.2) is 0 Å². The highest BCUT2D eigenvalue weighted by Gasteiger charge is 2.41. The van der Waals surface area contributed by atoms with Crippen LogP contribution in [0.25, 0.3) is 0 Å². The van der Waals surface area contributed by atoms with E-state index in [1.807, 2.05) is 0 Å². The standard InChI is InChI=1S/C17H38N2O4Si/c1-4-7-10-13-21-24(16-19-17(18)20,22-14-11-8-5-2)23-15-12-9-6-3/h4-16H2,1-3H3,(H3,18,19,20). The molecule has 0 spiro atoms. The summed E-state index contributed by atoms with van der Waals surface area (Å²) in [5, 5.41) is 2.63. The molecule has 144 valence electrons. The molecule has 2 amide bonds. The number of primary amides is 1. The van der Waals surface area contributed by atoms with E-state index in [9.17, 15) is 4.79 Å². The second-order valence-electron chi connectivity index (χ2n) is 6.07. The molecule has 0 unspecified atom stereocenters. The van der Waals surface area contributed by atoms with Crippen LogP contribution in [0.15, 0.2) is 0 Å². The lowest BCUT2D eigenvalue weighted by molar-refractivity contribution is 0.0550. The van der Waals surface area contributed by atoms with Gasteiger partial charge in [-0.25, -0.2) is 4.79 Å². The minimum Gasteiger partial charge on any atom is -0.372 e. The Morgan fingerprint density at radius 1 is 0.792 bits per heavy atom. The van der Waals surface area contributed by atoms with E-state index in [4.69, 9.17) is 19.0 Å². The lowest BCUT2D eigenvalue weighted by Crippen LogP contribution is -2.56. The van der Waals surface area contributed by atoms with E-state index >= 15 is 0 Å². The van der Waals surface area contributed by atoms with Gasteiger partial charge in [-0.2, -0.15) is 0 Å². The highest BCUT2D eigenvalue weighted by molar-refractivity contribution is 6.61. The van der Waals surface area contributed by atoms with Gasteiger partial charge in [0.1, 0.15) is 0 Å². The van der Waals surface area contributed by atoms with Crippen LogP contribution in [0.3, 0.4) is 0 Å². The molecule has 0 saturated carbocycles. The normalized spacial score (nSPS) is 11.6. The van der Waals surface area contributed by atoms with E-state index in [0.29, 0.717) is 19.8 Å². The van der Waals surface area contributed by atoms with E-state index in [-0.39, 0.29) is 6.17 Å². The Bertz CT molecular complexity index is 275. The molecule has 0 bridgehead atoms. The summed E-state index contributed by atoms with van der Waals surface area (Å²) >= 11 is 0. The highest BCUT2D eigenvalue weighted by atomic mass is 28.4. The smallest absolute Gasteiger partial charge is 0.372 e. The van der Waals surface area contributed by atoms with Crippen LogP contribution in [-0.4, -0.2) is 40.8 Å². The van der Waals surface area contributed by atoms with Crippen LogP contribution in [0.1, 0.15) is 78.6 Å². The Kier molecular flexibility index (Phi) is 15.5. The van der Waals surface area contributed by atoms with E-state index in [0.717, 1.165) is 57.8 Å². The van der Waals surface area contributed by atoms with Gasteiger partial charge in [0, 0.05) is 19.8 Å². The van der Waals surface area contributed by atoms with Gasteiger partial charge in [0.25, 0.3) is 0 Å². The first-order chi connectivity index (χ1) is 11.6. The van der Waals surface area contributed by atoms with Crippen LogP contribution >= 0.6 is 0 Å². The van der Waals surface area contributed by atoms with Crippen molar-refractivity contribution in [2.24, 2.45) is 5.73 Å². The fourth-order valence-corrected chi connectivity index (χ4v) is 4.53. The molecule has 0 aromatic carbocycles. The first-order valence-electron chi connectivity index (χ1n) is 9.55. The molecule has 0 radical (unpaired) electrons. The minimum absolute atomic E-state index is 0.243. The maximum Gasteiger partial charge on any atom is 0.521 e. The summed E-state index contributed by atoms with van der Waals surface area (Å²) in [4.78, 5) is 11.1. The summed E-state index contributed by atoms with van der Waals surface area (Å²) < 4.78 is 18.2. The number of nitrogens with two attached hydrogens (primary N) is 1. The van der Waals surface area contributed by atoms with Gasteiger partial charge < -0.3 is 24.3 Å². The van der Waals surface area contributed by atoms with Crippen LogP contribution in [0.5, 0.6) is 0 Å². The predicted octanol–water partition coefficient (Wildman–Crippen LogP) is 3.75. The van der Waals surface area contributed by atoms with Gasteiger partial charge in [-0.15, -0.1) is 0 Å². The average Bonchev–Trinajstić information content (AvgIpc) is 2.57. The summed E-state index contributed by atoms with van der Waals surface area (Å²) in [7, 11) is -2.92. The van der Waals surface area contributed by atoms with Crippen molar-refractivity contribution in [3.05, 3.63) is 0 Å². The number of hydrogen-bond acceptors (Lipinski definition) is 4. The SMILES string of the molecule is CCCCCO[Si](CNC(N)=O)(OCCCCC)OCCCCC. The van der Waals surface area contributed by atoms with Gasteiger partial charge in [0.05, 0.1) is 6.17 Å². The summed E-state index contributed by atoms with van der Waals surface area (Å²) in [6, 6.07) is -0.571. The van der Waals surface area contributed by atoms with Crippen LogP contribution < -0.4 is 11.1 Å². The van der Waals surface area contributed by atoms with E-state index in [1.54, 1.807) is 0 Å². The molecule has 0 heterocycles. The topological polar surface area (TPSA) is 82.8 Å². The Hall–Kier alpha value is -0.633. The largest absolute Gasteiger partial charge is 0.521 e. The summed E-state index contributed by atoms with van der Waals surface area (Å²) in [6.45, 7) is 8.26. The number of carbonyl (C=O) groups excluding carboxylic acids is 1. The first kappa shape index (κ1) is 23.4. The van der Waals surface area contributed by atoms with Crippen LogP contribution in [-0.2, 0) is 13.3 Å². The zero-order valence-electron chi connectivity index (χ0n) is 15.9. The average molecular weight is 363 g/mol. The van der Waals surface area contributed by atoms with Crippen LogP contribution in [0, 0.1) is 0 Å². The molecule has 0 rings (SSSR count). The number of urea groups is 1. The Morgan fingerprint density at radius 3 is 1.46 bits per heavy atom. The zero-order chi connectivity index (χ0) is 18.1. The monoisotopic (exact) mass is 362 g/mol. The van der Waals surface area contributed by atoms with Gasteiger partial charge in [-0.3, -0.25) is 0 Å². The molecule has 0 aromatic heterocycles. The number of hydrogen-bond donors (Lipinski definition) is 2. The van der Waals surface area contributed by atoms with E-state index < -0.39 is 14.8 Å². The van der Waals surface area contributed by atoms with Gasteiger partial charge in [-0.05, 0) is 19.3 Å². The number of unbranched alkanes of at least 4 members (excludes halogenated alkanes) is 6. The second-order valence-corrected chi connectivity index (χ2v) is 8.65. The molecule has 0 saturated heterocycles. The zero-order valence-corrected chi connectivity index (χ0v) is 16.9. The van der Waals surface area contributed by atoms with Crippen molar-refractivity contribution in [2.75, 3.05) is 26.0 Å². The lowest BCUT2D eigenvalue weighted by atomic mass is 10.3. The van der Waals surface area contributed by atoms with Crippen molar-refractivity contribution in [3.63, 3.8) is 0 Å². The molecule has 0 aromatic rings. The minimum atomic E-state index is -2.92. The third-order valence-corrected chi connectivity index (χ3v) is 6.23. The molecule has 0 fully saturated rings. The third-order valence-electron chi connectivity index (χ3n) is 3.69. The molecular formula is C17H38N2O4Si. The fraction of sp³-hybridized carbons (Fsp3) is 0.941. The lowest BCUT2D eigenvalue weighted by Gasteiger charge is -2.30. The maximum absolute atomic E-state index is 11.1. The van der Waals surface area contributed by atoms with Crippen molar-refractivity contribution in [1.29, 1.82) is 0 Å². The van der Waals surface area contributed by atoms with Crippen LogP contribution in [0.2, 0.25) is 0 Å². The number of nitrogens with one attached hydrogen (secondary N) is 1. The maximum atomic E-state index is 11.1. The van der Waals surface area contributed by atoms with Gasteiger partial charge >= 0.3 is 14.8 Å². The van der Waals surface area contributed by atoms with Crippen LogP contribution in [0.4, 0.5) is 4.79 Å². The molecule has 0 aliphatic rings. The molecule has 3 N–H and O–H groups in total. The molecule has 24 heavy (non-hydrogen) atoms. The van der Waals surface area contributed by atoms with Crippen molar-refractivity contribution in [3.8, 4) is 0 Å². The Labute approximate surface area is 149 Å². The molecule has 0 aliphatic carbocycles. The van der Waals surface area contributed by atoms with Gasteiger partial charge in [-0.1, -0.05) is 59.3 Å². The third kappa shape index (κ3) is 12.7. The van der Waals surface area contributed by atoms with Gasteiger partial charge in [0.2, 0.25) is 0 Å².